The van der Waals surface area contributed by atoms with E-state index in [1.54, 1.807) is 12.2 Å². The number of ether oxygens (including phenoxy) is 1. The lowest BCUT2D eigenvalue weighted by atomic mass is 9.94. The van der Waals surface area contributed by atoms with Crippen molar-refractivity contribution in [2.75, 3.05) is 13.2 Å². The SMILES string of the molecule is C=CCC[C@H](Cc1ccccc1)C(=O)OC[C@H](Cc1c[nH]c2ccccc12)NC(=O)[C@H](CC=C)CC(=O)N[C@@H](CO)Cc1ccccc1. The Morgan fingerprint density at radius 2 is 1.46 bits per heavy atom. The second-order valence-electron chi connectivity index (χ2n) is 12.2. The van der Waals surface area contributed by atoms with Gasteiger partial charge in [0.15, 0.2) is 0 Å². The summed E-state index contributed by atoms with van der Waals surface area (Å²) in [7, 11) is 0. The van der Waals surface area contributed by atoms with Gasteiger partial charge in [0.25, 0.3) is 0 Å². The van der Waals surface area contributed by atoms with Crippen LogP contribution in [-0.2, 0) is 38.4 Å². The average Bonchev–Trinajstić information content (AvgIpc) is 3.51. The van der Waals surface area contributed by atoms with Crippen molar-refractivity contribution in [2.45, 2.75) is 57.0 Å². The van der Waals surface area contributed by atoms with Crippen molar-refractivity contribution in [3.8, 4) is 0 Å². The van der Waals surface area contributed by atoms with Crippen LogP contribution in [0, 0.1) is 11.8 Å². The molecular weight excluding hydrogens is 602 g/mol. The number of nitrogens with one attached hydrogen (secondary N) is 3. The molecule has 0 unspecified atom stereocenters. The fraction of sp³-hybridized carbons (Fsp3) is 0.325. The summed E-state index contributed by atoms with van der Waals surface area (Å²) in [6.07, 6.45) is 8.23. The molecule has 0 bridgehead atoms. The number of hydrogen-bond acceptors (Lipinski definition) is 5. The number of para-hydroxylation sites is 1. The number of rotatable bonds is 20. The molecule has 1 heterocycles. The second kappa shape index (κ2) is 19.0. The van der Waals surface area contributed by atoms with E-state index in [1.165, 1.54) is 0 Å². The zero-order chi connectivity index (χ0) is 34.1. The van der Waals surface area contributed by atoms with Gasteiger partial charge in [0.2, 0.25) is 11.8 Å². The Bertz CT molecular complexity index is 1620. The number of carbonyl (C=O) groups excluding carboxylic acids is 3. The first-order chi connectivity index (χ1) is 23.4. The highest BCUT2D eigenvalue weighted by Crippen LogP contribution is 2.21. The zero-order valence-corrected chi connectivity index (χ0v) is 27.5. The number of aliphatic hydroxyl groups is 1. The molecular formula is C40H47N3O5. The van der Waals surface area contributed by atoms with Gasteiger partial charge < -0.3 is 25.5 Å². The van der Waals surface area contributed by atoms with Crippen LogP contribution in [0.2, 0.25) is 0 Å². The van der Waals surface area contributed by atoms with E-state index in [1.807, 2.05) is 91.1 Å². The molecule has 0 radical (unpaired) electrons. The van der Waals surface area contributed by atoms with Gasteiger partial charge >= 0.3 is 5.97 Å². The fourth-order valence-electron chi connectivity index (χ4n) is 5.91. The van der Waals surface area contributed by atoms with E-state index in [-0.39, 0.29) is 49.8 Å². The molecule has 4 atom stereocenters. The lowest BCUT2D eigenvalue weighted by Gasteiger charge is -2.24. The molecule has 4 N–H and O–H groups in total. The summed E-state index contributed by atoms with van der Waals surface area (Å²) in [5.74, 6) is -2.05. The van der Waals surface area contributed by atoms with Gasteiger partial charge in [-0.2, -0.15) is 0 Å². The quantitative estimate of drug-likeness (QED) is 0.0706. The molecule has 4 aromatic rings. The number of fused-ring (bicyclic) bond motifs is 1. The molecule has 0 aliphatic heterocycles. The summed E-state index contributed by atoms with van der Waals surface area (Å²) in [5, 5.41) is 16.9. The summed E-state index contributed by atoms with van der Waals surface area (Å²) in [4.78, 5) is 43.5. The molecule has 8 heteroatoms. The molecule has 48 heavy (non-hydrogen) atoms. The number of hydrogen-bond donors (Lipinski definition) is 4. The highest BCUT2D eigenvalue weighted by Gasteiger charge is 2.27. The Labute approximate surface area is 283 Å². The second-order valence-corrected chi connectivity index (χ2v) is 12.2. The van der Waals surface area contributed by atoms with Crippen molar-refractivity contribution >= 4 is 28.7 Å². The molecule has 3 aromatic carbocycles. The average molecular weight is 650 g/mol. The number of H-pyrrole nitrogens is 1. The highest BCUT2D eigenvalue weighted by molar-refractivity contribution is 5.87. The molecule has 1 aromatic heterocycles. The zero-order valence-electron chi connectivity index (χ0n) is 27.5. The Kier molecular flexibility index (Phi) is 14.2. The van der Waals surface area contributed by atoms with Crippen LogP contribution in [0.5, 0.6) is 0 Å². The van der Waals surface area contributed by atoms with E-state index < -0.39 is 18.0 Å². The van der Waals surface area contributed by atoms with E-state index in [2.05, 4.69) is 28.8 Å². The molecule has 0 aliphatic carbocycles. The van der Waals surface area contributed by atoms with Gasteiger partial charge in [-0.15, -0.1) is 13.2 Å². The van der Waals surface area contributed by atoms with Crippen molar-refractivity contribution in [1.82, 2.24) is 15.6 Å². The third kappa shape index (κ3) is 11.1. The number of benzene rings is 3. The topological polar surface area (TPSA) is 121 Å². The molecule has 0 spiro atoms. The molecule has 2 amide bonds. The van der Waals surface area contributed by atoms with Crippen molar-refractivity contribution in [2.24, 2.45) is 11.8 Å². The van der Waals surface area contributed by atoms with Crippen LogP contribution in [0.3, 0.4) is 0 Å². The van der Waals surface area contributed by atoms with Crippen molar-refractivity contribution in [1.29, 1.82) is 0 Å². The number of aromatic amines is 1. The molecule has 252 valence electrons. The maximum atomic E-state index is 13.7. The summed E-state index contributed by atoms with van der Waals surface area (Å²) in [6.45, 7) is 7.36. The van der Waals surface area contributed by atoms with Gasteiger partial charge in [-0.3, -0.25) is 14.4 Å². The van der Waals surface area contributed by atoms with E-state index in [4.69, 9.17) is 4.74 Å². The number of carbonyl (C=O) groups is 3. The number of allylic oxidation sites excluding steroid dienone is 2. The minimum Gasteiger partial charge on any atom is -0.463 e. The van der Waals surface area contributed by atoms with Crippen molar-refractivity contribution in [3.05, 3.63) is 133 Å². The third-order valence-corrected chi connectivity index (χ3v) is 8.46. The van der Waals surface area contributed by atoms with Gasteiger partial charge in [0.05, 0.1) is 30.5 Å². The first-order valence-electron chi connectivity index (χ1n) is 16.6. The summed E-state index contributed by atoms with van der Waals surface area (Å²) >= 11 is 0. The van der Waals surface area contributed by atoms with Gasteiger partial charge in [-0.25, -0.2) is 0 Å². The van der Waals surface area contributed by atoms with Crippen LogP contribution in [0.25, 0.3) is 10.9 Å². The lowest BCUT2D eigenvalue weighted by molar-refractivity contribution is -0.150. The number of esters is 1. The maximum absolute atomic E-state index is 13.7. The monoisotopic (exact) mass is 649 g/mol. The third-order valence-electron chi connectivity index (χ3n) is 8.46. The van der Waals surface area contributed by atoms with E-state index >= 15 is 0 Å². The highest BCUT2D eigenvalue weighted by atomic mass is 16.5. The summed E-state index contributed by atoms with van der Waals surface area (Å²) in [6, 6.07) is 26.3. The first-order valence-corrected chi connectivity index (χ1v) is 16.6. The van der Waals surface area contributed by atoms with Crippen molar-refractivity contribution in [3.63, 3.8) is 0 Å². The number of amides is 2. The summed E-state index contributed by atoms with van der Waals surface area (Å²) in [5.41, 5.74) is 3.98. The molecule has 0 fully saturated rings. The van der Waals surface area contributed by atoms with Gasteiger partial charge in [0.1, 0.15) is 6.61 Å². The van der Waals surface area contributed by atoms with Crippen LogP contribution in [-0.4, -0.2) is 53.2 Å². The smallest absolute Gasteiger partial charge is 0.309 e. The predicted molar refractivity (Wildman–Crippen MR) is 190 cm³/mol. The molecule has 0 saturated heterocycles. The standard InChI is InChI=1S/C40H47N3O5/c1-3-5-19-32(22-29-15-8-6-9-16-29)40(47)48-28-35(24-33-26-41-37-21-13-12-20-36(33)37)43-39(46)31(14-4-2)25-38(45)42-34(27-44)23-30-17-10-7-11-18-30/h3-4,6-13,15-18,20-21,26,31-32,34-35,41,44H,1-2,5,14,19,22-25,27-28H2,(H,42,45)(H,43,46)/t31-,32-,34-,35+/m1/s1. The fourth-order valence-corrected chi connectivity index (χ4v) is 5.91. The number of aromatic nitrogens is 1. The maximum Gasteiger partial charge on any atom is 0.309 e. The molecule has 0 aliphatic rings. The van der Waals surface area contributed by atoms with Gasteiger partial charge in [0, 0.05) is 23.5 Å². The van der Waals surface area contributed by atoms with Crippen LogP contribution in [0.4, 0.5) is 0 Å². The minimum atomic E-state index is -0.696. The van der Waals surface area contributed by atoms with E-state index in [0.29, 0.717) is 32.1 Å². The van der Waals surface area contributed by atoms with Gasteiger partial charge in [-0.05, 0) is 61.3 Å². The Hall–Kier alpha value is -4.95. The Morgan fingerprint density at radius 1 is 0.792 bits per heavy atom. The molecule has 4 rings (SSSR count). The molecule has 0 saturated carbocycles. The lowest BCUT2D eigenvalue weighted by Crippen LogP contribution is -2.45. The Morgan fingerprint density at radius 3 is 2.12 bits per heavy atom. The minimum absolute atomic E-state index is 0.0277. The normalized spacial score (nSPS) is 13.5. The summed E-state index contributed by atoms with van der Waals surface area (Å²) < 4.78 is 5.92. The largest absolute Gasteiger partial charge is 0.463 e. The van der Waals surface area contributed by atoms with E-state index in [9.17, 15) is 19.5 Å². The van der Waals surface area contributed by atoms with Crippen LogP contribution in [0.1, 0.15) is 42.4 Å². The van der Waals surface area contributed by atoms with Crippen LogP contribution >= 0.6 is 0 Å². The Balaban J connectivity index is 1.45. The van der Waals surface area contributed by atoms with Gasteiger partial charge in [-0.1, -0.05) is 91.0 Å². The van der Waals surface area contributed by atoms with Crippen LogP contribution in [0.15, 0.2) is 116 Å². The van der Waals surface area contributed by atoms with Crippen molar-refractivity contribution < 1.29 is 24.2 Å². The molecule has 8 nitrogen and oxygen atoms in total. The first kappa shape index (κ1) is 35.9. The van der Waals surface area contributed by atoms with Crippen LogP contribution < -0.4 is 10.6 Å². The predicted octanol–water partition coefficient (Wildman–Crippen LogP) is 5.87. The van der Waals surface area contributed by atoms with E-state index in [0.717, 1.165) is 27.6 Å². The number of aliphatic hydroxyl groups excluding tert-OH is 1.